The Morgan fingerprint density at radius 2 is 2.06 bits per heavy atom. The van der Waals surface area contributed by atoms with E-state index in [9.17, 15) is 14.9 Å². The third-order valence-electron chi connectivity index (χ3n) is 5.77. The number of esters is 1. The minimum absolute atomic E-state index is 0.0276. The summed E-state index contributed by atoms with van der Waals surface area (Å²) in [6.45, 7) is 3.43. The van der Waals surface area contributed by atoms with Crippen LogP contribution in [-0.2, 0) is 14.3 Å². The summed E-state index contributed by atoms with van der Waals surface area (Å²) < 4.78 is 12.7. The van der Waals surface area contributed by atoms with E-state index in [2.05, 4.69) is 20.9 Å². The molecule has 3 aromatic rings. The Kier molecular flexibility index (Phi) is 6.51. The Morgan fingerprint density at radius 3 is 2.78 bits per heavy atom. The maximum absolute atomic E-state index is 12.5. The number of fused-ring (bicyclic) bond motifs is 1. The lowest BCUT2D eigenvalue weighted by Crippen LogP contribution is -2.24. The fraction of sp³-hybridized carbons (Fsp3) is 0.391. The van der Waals surface area contributed by atoms with Crippen LogP contribution >= 0.6 is 11.8 Å². The molecule has 0 unspecified atom stereocenters. The summed E-state index contributed by atoms with van der Waals surface area (Å²) in [5.41, 5.74) is 3.66. The van der Waals surface area contributed by atoms with E-state index in [0.29, 0.717) is 27.7 Å². The molecule has 1 fully saturated rings. The second kappa shape index (κ2) is 9.49. The van der Waals surface area contributed by atoms with Crippen LogP contribution in [0.25, 0.3) is 11.1 Å². The lowest BCUT2D eigenvalue weighted by atomic mass is 10.2. The van der Waals surface area contributed by atoms with Gasteiger partial charge in [-0.2, -0.15) is 5.26 Å². The minimum Gasteiger partial charge on any atom is -0.455 e. The number of nitriles is 1. The van der Waals surface area contributed by atoms with Crippen LogP contribution in [0, 0.1) is 25.2 Å². The van der Waals surface area contributed by atoms with Gasteiger partial charge in [-0.05, 0) is 44.4 Å². The summed E-state index contributed by atoms with van der Waals surface area (Å²) in [5, 5.41) is 12.8. The molecule has 8 nitrogen and oxygen atoms in total. The number of amides is 1. The van der Waals surface area contributed by atoms with E-state index < -0.39 is 18.5 Å². The molecule has 0 saturated heterocycles. The average molecular weight is 453 g/mol. The van der Waals surface area contributed by atoms with Gasteiger partial charge in [-0.15, -0.1) is 0 Å². The molecular formula is C23H24N4O4S. The van der Waals surface area contributed by atoms with Gasteiger partial charge in [0.2, 0.25) is 0 Å². The smallest absolute Gasteiger partial charge is 0.316 e. The molecule has 0 aliphatic heterocycles. The Bertz CT molecular complexity index is 1170. The highest BCUT2D eigenvalue weighted by Gasteiger charge is 2.27. The third-order valence-corrected chi connectivity index (χ3v) is 6.57. The summed E-state index contributed by atoms with van der Waals surface area (Å²) in [7, 11) is 0. The number of nitrogens with one attached hydrogen (secondary N) is 1. The van der Waals surface area contributed by atoms with Crippen molar-refractivity contribution in [2.24, 2.45) is 0 Å². The monoisotopic (exact) mass is 452 g/mol. The number of para-hydroxylation sites is 2. The molecule has 166 valence electrons. The summed E-state index contributed by atoms with van der Waals surface area (Å²) >= 11 is 1.11. The van der Waals surface area contributed by atoms with Crippen LogP contribution in [0.4, 0.5) is 5.82 Å². The average Bonchev–Trinajstić information content (AvgIpc) is 3.50. The minimum atomic E-state index is -0.550. The SMILES string of the molecule is Cc1c(C#N)c(NC(=O)COC(=O)CSc2nc3ccccc3o2)n(C2CCCC2)c1C. The summed E-state index contributed by atoms with van der Waals surface area (Å²) in [6.07, 6.45) is 4.30. The number of aromatic nitrogens is 2. The number of nitrogens with zero attached hydrogens (tertiary/aromatic N) is 3. The van der Waals surface area contributed by atoms with Gasteiger partial charge in [0.05, 0.1) is 5.56 Å². The molecule has 1 saturated carbocycles. The van der Waals surface area contributed by atoms with Gasteiger partial charge in [-0.25, -0.2) is 4.98 Å². The molecule has 9 heteroatoms. The van der Waals surface area contributed by atoms with Gasteiger partial charge < -0.3 is 19.0 Å². The number of carbonyl (C=O) groups excluding carboxylic acids is 2. The molecule has 32 heavy (non-hydrogen) atoms. The Hall–Kier alpha value is -3.25. The van der Waals surface area contributed by atoms with E-state index in [4.69, 9.17) is 9.15 Å². The molecule has 1 aliphatic carbocycles. The van der Waals surface area contributed by atoms with Crippen molar-refractivity contribution in [2.45, 2.75) is 50.8 Å². The zero-order valence-corrected chi connectivity index (χ0v) is 18.8. The number of oxazole rings is 1. The number of hydrogen-bond donors (Lipinski definition) is 1. The van der Waals surface area contributed by atoms with Crippen molar-refractivity contribution in [1.82, 2.24) is 9.55 Å². The second-order valence-corrected chi connectivity index (χ2v) is 8.73. The van der Waals surface area contributed by atoms with E-state index in [-0.39, 0.29) is 11.8 Å². The lowest BCUT2D eigenvalue weighted by molar-refractivity contribution is -0.144. The number of carbonyl (C=O) groups is 2. The first kappa shape index (κ1) is 22.0. The molecule has 2 heterocycles. The zero-order valence-electron chi connectivity index (χ0n) is 18.0. The highest BCUT2D eigenvalue weighted by molar-refractivity contribution is 7.99. The standard InChI is InChI=1S/C23H24N4O4S/c1-14-15(2)27(16-7-3-4-8-16)22(17(14)11-24)26-20(28)12-30-21(29)13-32-23-25-18-9-5-6-10-19(18)31-23/h5-6,9-10,16H,3-4,7-8,12-13H2,1-2H3,(H,26,28). The first-order valence-corrected chi connectivity index (χ1v) is 11.5. The van der Waals surface area contributed by atoms with Crippen LogP contribution in [0.1, 0.15) is 48.5 Å². The third kappa shape index (κ3) is 4.50. The van der Waals surface area contributed by atoms with Crippen LogP contribution in [0.15, 0.2) is 33.9 Å². The zero-order chi connectivity index (χ0) is 22.7. The topological polar surface area (TPSA) is 110 Å². The quantitative estimate of drug-likeness (QED) is 0.415. The Balaban J connectivity index is 1.35. The summed E-state index contributed by atoms with van der Waals surface area (Å²) in [5.74, 6) is -0.554. The summed E-state index contributed by atoms with van der Waals surface area (Å²) in [6, 6.07) is 9.80. The molecular weight excluding hydrogens is 428 g/mol. The van der Waals surface area contributed by atoms with Crippen molar-refractivity contribution in [3.63, 3.8) is 0 Å². The van der Waals surface area contributed by atoms with E-state index >= 15 is 0 Å². The molecule has 0 atom stereocenters. The first-order chi connectivity index (χ1) is 15.5. The maximum atomic E-state index is 12.5. The number of ether oxygens (including phenoxy) is 1. The van der Waals surface area contributed by atoms with E-state index in [1.807, 2.05) is 32.0 Å². The molecule has 1 amide bonds. The molecule has 1 aromatic carbocycles. The van der Waals surface area contributed by atoms with E-state index in [1.54, 1.807) is 6.07 Å². The maximum Gasteiger partial charge on any atom is 0.316 e. The number of rotatable bonds is 7. The van der Waals surface area contributed by atoms with E-state index in [1.165, 1.54) is 0 Å². The molecule has 0 radical (unpaired) electrons. The Labute approximate surface area is 189 Å². The van der Waals surface area contributed by atoms with Crippen LogP contribution in [-0.4, -0.2) is 33.8 Å². The van der Waals surface area contributed by atoms with Crippen molar-refractivity contribution in [3.8, 4) is 6.07 Å². The summed E-state index contributed by atoms with van der Waals surface area (Å²) in [4.78, 5) is 28.9. The molecule has 4 rings (SSSR count). The van der Waals surface area contributed by atoms with Crippen LogP contribution in [0.3, 0.4) is 0 Å². The van der Waals surface area contributed by atoms with Crippen LogP contribution in [0.2, 0.25) is 0 Å². The number of thioether (sulfide) groups is 1. The fourth-order valence-corrected chi connectivity index (χ4v) is 4.73. The van der Waals surface area contributed by atoms with Gasteiger partial charge in [-0.3, -0.25) is 9.59 Å². The van der Waals surface area contributed by atoms with Gasteiger partial charge in [-0.1, -0.05) is 36.7 Å². The predicted molar refractivity (Wildman–Crippen MR) is 120 cm³/mol. The highest BCUT2D eigenvalue weighted by atomic mass is 32.2. The highest BCUT2D eigenvalue weighted by Crippen LogP contribution is 2.37. The van der Waals surface area contributed by atoms with Crippen molar-refractivity contribution in [1.29, 1.82) is 5.26 Å². The van der Waals surface area contributed by atoms with Gasteiger partial charge in [0, 0.05) is 11.7 Å². The van der Waals surface area contributed by atoms with E-state index in [0.717, 1.165) is 48.7 Å². The normalized spacial score (nSPS) is 13.9. The molecule has 1 N–H and O–H groups in total. The number of anilines is 1. The molecule has 0 spiro atoms. The number of benzene rings is 1. The van der Waals surface area contributed by atoms with Gasteiger partial charge in [0.25, 0.3) is 11.1 Å². The largest absolute Gasteiger partial charge is 0.455 e. The fourth-order valence-electron chi connectivity index (χ4n) is 4.10. The van der Waals surface area contributed by atoms with Gasteiger partial charge in [0.1, 0.15) is 23.2 Å². The Morgan fingerprint density at radius 1 is 1.31 bits per heavy atom. The molecule has 1 aliphatic rings. The van der Waals surface area contributed by atoms with Crippen LogP contribution in [0.5, 0.6) is 0 Å². The van der Waals surface area contributed by atoms with Crippen molar-refractivity contribution >= 4 is 40.6 Å². The van der Waals surface area contributed by atoms with Gasteiger partial charge in [0.15, 0.2) is 12.2 Å². The number of hydrogen-bond acceptors (Lipinski definition) is 7. The van der Waals surface area contributed by atoms with Crippen molar-refractivity contribution in [3.05, 3.63) is 41.1 Å². The van der Waals surface area contributed by atoms with Crippen LogP contribution < -0.4 is 5.32 Å². The lowest BCUT2D eigenvalue weighted by Gasteiger charge is -2.19. The van der Waals surface area contributed by atoms with Gasteiger partial charge >= 0.3 is 5.97 Å². The predicted octanol–water partition coefficient (Wildman–Crippen LogP) is 4.51. The van der Waals surface area contributed by atoms with Crippen molar-refractivity contribution in [2.75, 3.05) is 17.7 Å². The first-order valence-electron chi connectivity index (χ1n) is 10.5. The van der Waals surface area contributed by atoms with Crippen molar-refractivity contribution < 1.29 is 18.7 Å². The molecule has 0 bridgehead atoms. The second-order valence-electron chi connectivity index (χ2n) is 7.80. The molecule has 2 aromatic heterocycles.